The topological polar surface area (TPSA) is 74.0 Å². The summed E-state index contributed by atoms with van der Waals surface area (Å²) in [4.78, 5) is 29.4. The monoisotopic (exact) mass is 495 g/mol. The summed E-state index contributed by atoms with van der Waals surface area (Å²) < 4.78 is 0. The maximum atomic E-state index is 13.4. The maximum absolute atomic E-state index is 13.4. The fraction of sp³-hybridized carbons (Fsp3) is 0.500. The first-order valence-corrected chi connectivity index (χ1v) is 14.4. The lowest BCUT2D eigenvalue weighted by molar-refractivity contribution is -0.132. The van der Waals surface area contributed by atoms with Gasteiger partial charge in [-0.3, -0.25) is 9.59 Å². The molecule has 5 saturated carbocycles. The number of nitrogens with one attached hydrogen (secondary N) is 3. The van der Waals surface area contributed by atoms with Crippen molar-refractivity contribution >= 4 is 34.1 Å². The second-order valence-corrected chi connectivity index (χ2v) is 12.3. The Hall–Kier alpha value is -3.08. The van der Waals surface area contributed by atoms with Crippen molar-refractivity contribution in [2.45, 2.75) is 64.2 Å². The normalized spacial score (nSPS) is 28.9. The van der Waals surface area contributed by atoms with Crippen LogP contribution in [0.4, 0.5) is 11.4 Å². The zero-order valence-corrected chi connectivity index (χ0v) is 21.5. The smallest absolute Gasteiger partial charge is 0.228 e. The number of anilines is 2. The predicted molar refractivity (Wildman–Crippen MR) is 148 cm³/mol. The molecule has 4 bridgehead atoms. The van der Waals surface area contributed by atoms with Crippen LogP contribution >= 0.6 is 0 Å². The predicted octanol–water partition coefficient (Wildman–Crippen LogP) is 7.36. The van der Waals surface area contributed by atoms with Crippen LogP contribution in [-0.4, -0.2) is 16.8 Å². The van der Waals surface area contributed by atoms with Gasteiger partial charge in [-0.15, -0.1) is 0 Å². The number of aromatic amines is 1. The fourth-order valence-corrected chi connectivity index (χ4v) is 8.36. The average molecular weight is 496 g/mol. The molecule has 0 radical (unpaired) electrons. The van der Waals surface area contributed by atoms with Gasteiger partial charge < -0.3 is 15.6 Å². The first-order chi connectivity index (χ1) is 18.1. The largest absolute Gasteiger partial charge is 0.361 e. The van der Waals surface area contributed by atoms with Crippen molar-refractivity contribution < 1.29 is 9.59 Å². The Morgan fingerprint density at radius 2 is 1.38 bits per heavy atom. The molecule has 5 aliphatic carbocycles. The summed E-state index contributed by atoms with van der Waals surface area (Å²) in [5, 5.41) is 7.50. The highest BCUT2D eigenvalue weighted by Crippen LogP contribution is 2.56. The van der Waals surface area contributed by atoms with E-state index in [0.29, 0.717) is 11.8 Å². The Morgan fingerprint density at radius 3 is 2.08 bits per heavy atom. The summed E-state index contributed by atoms with van der Waals surface area (Å²) in [5.74, 6) is 3.62. The van der Waals surface area contributed by atoms with E-state index >= 15 is 0 Å². The molecule has 37 heavy (non-hydrogen) atoms. The molecule has 0 spiro atoms. The molecule has 1 heterocycles. The van der Waals surface area contributed by atoms with Crippen LogP contribution in [0.15, 0.2) is 48.7 Å². The van der Waals surface area contributed by atoms with Crippen molar-refractivity contribution in [2.24, 2.45) is 35.5 Å². The van der Waals surface area contributed by atoms with Crippen molar-refractivity contribution in [3.8, 4) is 11.1 Å². The standard InChI is InChI=1S/C32H37N3O2/c36-31(22-4-2-1-3-5-22)34-25-8-6-21(7-9-25)28-18-33-29-11-10-26(17-27(28)29)35-32(37)30-23-13-19-12-20(15-23)16-24(30)14-19/h6-11,17-20,22-24,30,33H,1-5,12-16H2,(H,34,36)(H,35,37)/t19-,20+,23-,24?,30?. The number of H-pyrrole nitrogens is 1. The molecular formula is C32H37N3O2. The minimum Gasteiger partial charge on any atom is -0.361 e. The molecule has 0 saturated heterocycles. The quantitative estimate of drug-likeness (QED) is 0.346. The minimum atomic E-state index is 0.148. The molecule has 0 atom stereocenters. The van der Waals surface area contributed by atoms with Gasteiger partial charge in [-0.2, -0.15) is 0 Å². The third-order valence-electron chi connectivity index (χ3n) is 9.92. The van der Waals surface area contributed by atoms with Gasteiger partial charge in [-0.25, -0.2) is 0 Å². The second kappa shape index (κ2) is 9.34. The summed E-state index contributed by atoms with van der Waals surface area (Å²) in [6.45, 7) is 0. The molecule has 3 aromatic rings. The van der Waals surface area contributed by atoms with Crippen molar-refractivity contribution in [1.29, 1.82) is 0 Å². The highest BCUT2D eigenvalue weighted by Gasteiger charge is 2.50. The summed E-state index contributed by atoms with van der Waals surface area (Å²) in [5.41, 5.74) is 4.97. The van der Waals surface area contributed by atoms with Crippen LogP contribution in [-0.2, 0) is 9.59 Å². The number of fused-ring (bicyclic) bond motifs is 1. The highest BCUT2D eigenvalue weighted by atomic mass is 16.2. The van der Waals surface area contributed by atoms with Crippen LogP contribution in [0.3, 0.4) is 0 Å². The fourth-order valence-electron chi connectivity index (χ4n) is 8.36. The molecule has 2 amide bonds. The van der Waals surface area contributed by atoms with E-state index in [1.807, 2.05) is 24.4 Å². The van der Waals surface area contributed by atoms with E-state index in [-0.39, 0.29) is 23.7 Å². The number of hydrogen-bond donors (Lipinski definition) is 3. The molecule has 3 N–H and O–H groups in total. The van der Waals surface area contributed by atoms with Gasteiger partial charge in [0.1, 0.15) is 0 Å². The molecule has 5 nitrogen and oxygen atoms in total. The van der Waals surface area contributed by atoms with Crippen LogP contribution in [0.1, 0.15) is 64.2 Å². The summed E-state index contributed by atoms with van der Waals surface area (Å²) in [6.07, 6.45) is 14.0. The molecule has 2 aromatic carbocycles. The van der Waals surface area contributed by atoms with E-state index in [0.717, 1.165) is 70.9 Å². The van der Waals surface area contributed by atoms with E-state index in [1.165, 1.54) is 38.5 Å². The molecule has 8 rings (SSSR count). The second-order valence-electron chi connectivity index (χ2n) is 12.3. The molecule has 0 unspecified atom stereocenters. The van der Waals surface area contributed by atoms with Crippen LogP contribution in [0, 0.1) is 35.5 Å². The van der Waals surface area contributed by atoms with Gasteiger partial charge in [0.2, 0.25) is 11.8 Å². The molecule has 5 fully saturated rings. The Bertz CT molecular complexity index is 1290. The SMILES string of the molecule is O=C(Nc1ccc(-c2c[nH]c3ccc(NC(=O)C4C5C[C@H]6C[C@@H](C5)C[C@@H]4C6)cc23)cc1)C1CCCCC1. The molecule has 192 valence electrons. The van der Waals surface area contributed by atoms with Gasteiger partial charge in [0, 0.05) is 45.9 Å². The molecule has 1 aromatic heterocycles. The third-order valence-corrected chi connectivity index (χ3v) is 9.92. The molecule has 5 aliphatic rings. The Morgan fingerprint density at radius 1 is 0.730 bits per heavy atom. The van der Waals surface area contributed by atoms with Gasteiger partial charge >= 0.3 is 0 Å². The van der Waals surface area contributed by atoms with Gasteiger partial charge in [-0.05, 0) is 105 Å². The maximum Gasteiger partial charge on any atom is 0.228 e. The number of hydrogen-bond acceptors (Lipinski definition) is 2. The van der Waals surface area contributed by atoms with Crippen molar-refractivity contribution in [2.75, 3.05) is 10.6 Å². The van der Waals surface area contributed by atoms with Crippen LogP contribution in [0.25, 0.3) is 22.0 Å². The zero-order valence-electron chi connectivity index (χ0n) is 21.5. The minimum absolute atomic E-state index is 0.148. The number of carbonyl (C=O) groups excluding carboxylic acids is 2. The lowest BCUT2D eigenvalue weighted by atomic mass is 9.51. The molecular weight excluding hydrogens is 458 g/mol. The lowest BCUT2D eigenvalue weighted by Crippen LogP contribution is -2.49. The third kappa shape index (κ3) is 4.36. The number of amides is 2. The van der Waals surface area contributed by atoms with Crippen molar-refractivity contribution in [3.05, 3.63) is 48.7 Å². The zero-order chi connectivity index (χ0) is 24.9. The van der Waals surface area contributed by atoms with E-state index < -0.39 is 0 Å². The van der Waals surface area contributed by atoms with E-state index in [9.17, 15) is 9.59 Å². The van der Waals surface area contributed by atoms with Crippen LogP contribution in [0.2, 0.25) is 0 Å². The summed E-state index contributed by atoms with van der Waals surface area (Å²) in [6, 6.07) is 14.3. The van der Waals surface area contributed by atoms with E-state index in [4.69, 9.17) is 0 Å². The van der Waals surface area contributed by atoms with Crippen LogP contribution < -0.4 is 10.6 Å². The number of rotatable bonds is 5. The van der Waals surface area contributed by atoms with Gasteiger partial charge in [0.15, 0.2) is 0 Å². The average Bonchev–Trinajstić information content (AvgIpc) is 3.32. The number of benzene rings is 2. The Labute approximate surface area is 218 Å². The highest BCUT2D eigenvalue weighted by molar-refractivity contribution is 6.01. The van der Waals surface area contributed by atoms with Gasteiger partial charge in [0.05, 0.1) is 0 Å². The van der Waals surface area contributed by atoms with E-state index in [1.54, 1.807) is 0 Å². The van der Waals surface area contributed by atoms with Gasteiger partial charge in [-0.1, -0.05) is 31.4 Å². The Kier molecular flexibility index (Phi) is 5.82. The number of carbonyl (C=O) groups is 2. The van der Waals surface area contributed by atoms with E-state index in [2.05, 4.69) is 39.9 Å². The molecule has 5 heteroatoms. The lowest BCUT2D eigenvalue weighted by Gasteiger charge is -2.53. The first kappa shape index (κ1) is 23.1. The first-order valence-electron chi connectivity index (χ1n) is 14.4. The number of aromatic nitrogens is 1. The summed E-state index contributed by atoms with van der Waals surface area (Å²) >= 11 is 0. The Balaban J connectivity index is 1.07. The van der Waals surface area contributed by atoms with Gasteiger partial charge in [0.25, 0.3) is 0 Å². The summed E-state index contributed by atoms with van der Waals surface area (Å²) in [7, 11) is 0. The van der Waals surface area contributed by atoms with Crippen molar-refractivity contribution in [1.82, 2.24) is 4.98 Å². The van der Waals surface area contributed by atoms with Crippen molar-refractivity contribution in [3.63, 3.8) is 0 Å². The molecule has 0 aliphatic heterocycles. The van der Waals surface area contributed by atoms with Crippen LogP contribution in [0.5, 0.6) is 0 Å².